The summed E-state index contributed by atoms with van der Waals surface area (Å²) in [7, 11) is 0. The molecule has 0 saturated heterocycles. The van der Waals surface area contributed by atoms with Gasteiger partial charge in [-0.2, -0.15) is 0 Å². The Balaban J connectivity index is 1.13. The molecule has 0 N–H and O–H groups in total. The minimum atomic E-state index is -0.120. The summed E-state index contributed by atoms with van der Waals surface area (Å²) in [5.41, 5.74) is 20.4. The van der Waals surface area contributed by atoms with E-state index in [1.807, 2.05) is 0 Å². The summed E-state index contributed by atoms with van der Waals surface area (Å²) in [4.78, 5) is 2.51. The lowest BCUT2D eigenvalue weighted by Gasteiger charge is -2.30. The van der Waals surface area contributed by atoms with Gasteiger partial charge in [-0.15, -0.1) is 0 Å². The predicted molar refractivity (Wildman–Crippen MR) is 261 cm³/mol. The van der Waals surface area contributed by atoms with Gasteiger partial charge in [0, 0.05) is 27.8 Å². The molecule has 296 valence electrons. The number of nitrogens with zero attached hydrogens (tertiary/aromatic N) is 1. The molecule has 0 amide bonds. The van der Waals surface area contributed by atoms with Crippen LogP contribution in [0.4, 0.5) is 17.1 Å². The number of benzene rings is 9. The van der Waals surface area contributed by atoms with Crippen LogP contribution in [0.15, 0.2) is 182 Å². The van der Waals surface area contributed by atoms with E-state index in [1.54, 1.807) is 0 Å². The monoisotopic (exact) mass is 785 g/mol. The second-order valence-electron chi connectivity index (χ2n) is 19.4. The molecule has 0 bridgehead atoms. The molecule has 1 nitrogen and oxygen atoms in total. The first-order valence-electron chi connectivity index (χ1n) is 21.8. The molecular weight excluding hydrogens is 735 g/mol. The molecule has 0 fully saturated rings. The molecule has 0 spiro atoms. The molecule has 9 aromatic rings. The van der Waals surface area contributed by atoms with Crippen molar-refractivity contribution in [2.45, 2.75) is 64.7 Å². The van der Waals surface area contributed by atoms with E-state index in [0.717, 1.165) is 17.1 Å². The van der Waals surface area contributed by atoms with Crippen LogP contribution in [-0.2, 0) is 16.2 Å². The van der Waals surface area contributed by atoms with E-state index in [2.05, 4.69) is 235 Å². The minimum absolute atomic E-state index is 0.109. The normalized spacial score (nSPS) is 14.4. The molecule has 0 saturated carbocycles. The van der Waals surface area contributed by atoms with Gasteiger partial charge in [0.15, 0.2) is 0 Å². The highest BCUT2D eigenvalue weighted by Gasteiger charge is 2.38. The van der Waals surface area contributed by atoms with E-state index in [9.17, 15) is 0 Å². The van der Waals surface area contributed by atoms with Gasteiger partial charge in [0.25, 0.3) is 0 Å². The lowest BCUT2D eigenvalue weighted by Crippen LogP contribution is -2.16. The largest absolute Gasteiger partial charge is 0.310 e. The summed E-state index contributed by atoms with van der Waals surface area (Å²) in [6.45, 7) is 16.3. The first-order valence-corrected chi connectivity index (χ1v) is 21.8. The van der Waals surface area contributed by atoms with Crippen LogP contribution >= 0.6 is 0 Å². The molecule has 2 aliphatic rings. The molecule has 0 unspecified atom stereocenters. The molecule has 1 heteroatoms. The fourth-order valence-electron chi connectivity index (χ4n) is 10.6. The average molecular weight is 786 g/mol. The number of fused-ring (bicyclic) bond motifs is 8. The van der Waals surface area contributed by atoms with E-state index in [0.29, 0.717) is 0 Å². The maximum atomic E-state index is 2.51. The third-order valence-corrected chi connectivity index (χ3v) is 14.0. The van der Waals surface area contributed by atoms with Crippen molar-refractivity contribution in [3.05, 3.63) is 210 Å². The molecule has 2 aliphatic carbocycles. The van der Waals surface area contributed by atoms with E-state index >= 15 is 0 Å². The van der Waals surface area contributed by atoms with Crippen LogP contribution in [0.3, 0.4) is 0 Å². The first kappa shape index (κ1) is 37.3. The van der Waals surface area contributed by atoms with Crippen LogP contribution < -0.4 is 4.90 Å². The summed E-state index contributed by atoms with van der Waals surface area (Å²) in [5.74, 6) is 0. The fraction of sp³-hybridized carbons (Fsp3) is 0.167. The topological polar surface area (TPSA) is 3.24 Å². The van der Waals surface area contributed by atoms with Crippen molar-refractivity contribution in [3.63, 3.8) is 0 Å². The zero-order valence-electron chi connectivity index (χ0n) is 36.3. The Labute approximate surface area is 361 Å². The minimum Gasteiger partial charge on any atom is -0.310 e. The maximum Gasteiger partial charge on any atom is 0.0546 e. The third-order valence-electron chi connectivity index (χ3n) is 14.0. The van der Waals surface area contributed by atoms with Crippen LogP contribution in [0.5, 0.6) is 0 Å². The summed E-state index contributed by atoms with van der Waals surface area (Å²) < 4.78 is 0. The van der Waals surface area contributed by atoms with Crippen molar-refractivity contribution in [1.82, 2.24) is 0 Å². The van der Waals surface area contributed by atoms with Crippen molar-refractivity contribution in [1.29, 1.82) is 0 Å². The van der Waals surface area contributed by atoms with Gasteiger partial charge in [-0.05, 0) is 142 Å². The molecule has 0 radical (unpaired) electrons. The van der Waals surface area contributed by atoms with E-state index in [4.69, 9.17) is 0 Å². The smallest absolute Gasteiger partial charge is 0.0546 e. The van der Waals surface area contributed by atoms with Gasteiger partial charge in [-0.3, -0.25) is 0 Å². The zero-order valence-corrected chi connectivity index (χ0v) is 36.3. The van der Waals surface area contributed by atoms with Crippen LogP contribution in [0.2, 0.25) is 0 Å². The van der Waals surface area contributed by atoms with Crippen molar-refractivity contribution in [2.75, 3.05) is 4.90 Å². The molecule has 0 heterocycles. The number of hydrogen-bond acceptors (Lipinski definition) is 1. The highest BCUT2D eigenvalue weighted by Crippen LogP contribution is 2.54. The molecule has 9 aromatic carbocycles. The summed E-state index contributed by atoms with van der Waals surface area (Å²) >= 11 is 0. The van der Waals surface area contributed by atoms with Crippen molar-refractivity contribution in [3.8, 4) is 44.5 Å². The van der Waals surface area contributed by atoms with Crippen molar-refractivity contribution >= 4 is 38.6 Å². The maximum absolute atomic E-state index is 2.51. The molecule has 0 aromatic heterocycles. The van der Waals surface area contributed by atoms with Crippen molar-refractivity contribution < 1.29 is 0 Å². The fourth-order valence-corrected chi connectivity index (χ4v) is 10.6. The second kappa shape index (κ2) is 13.4. The van der Waals surface area contributed by atoms with Crippen molar-refractivity contribution in [2.24, 2.45) is 0 Å². The van der Waals surface area contributed by atoms with Gasteiger partial charge in [0.1, 0.15) is 0 Å². The summed E-state index contributed by atoms with van der Waals surface area (Å²) in [5, 5.41) is 5.04. The Kier molecular flexibility index (Phi) is 8.20. The van der Waals surface area contributed by atoms with Crippen LogP contribution in [0.25, 0.3) is 66.1 Å². The van der Waals surface area contributed by atoms with Crippen LogP contribution in [0.1, 0.15) is 76.3 Å². The van der Waals surface area contributed by atoms with Gasteiger partial charge >= 0.3 is 0 Å². The summed E-state index contributed by atoms with van der Waals surface area (Å²) in [6, 6.07) is 68.8. The SMILES string of the molecule is CC(C)(C)c1ccc(-c2ccc(N(c3ccc4c(c3)-c3cc5ccccc5cc3C4(C)C)c3ccc4ccccc4c3-c3ccc4c(c3)C(C)(C)c3ccccc3-4)cc2)cc1. The van der Waals surface area contributed by atoms with Gasteiger partial charge in [0.2, 0.25) is 0 Å². The predicted octanol–water partition coefficient (Wildman–Crippen LogP) is 16.7. The highest BCUT2D eigenvalue weighted by atomic mass is 15.1. The van der Waals surface area contributed by atoms with E-state index in [1.165, 1.54) is 93.9 Å². The van der Waals surface area contributed by atoms with Crippen LogP contribution in [0, 0.1) is 0 Å². The van der Waals surface area contributed by atoms with Gasteiger partial charge in [0.05, 0.1) is 5.69 Å². The second-order valence-corrected chi connectivity index (χ2v) is 19.4. The zero-order chi connectivity index (χ0) is 41.8. The Morgan fingerprint density at radius 2 is 0.918 bits per heavy atom. The molecule has 11 rings (SSSR count). The quantitative estimate of drug-likeness (QED) is 0.168. The van der Waals surface area contributed by atoms with Gasteiger partial charge in [-0.1, -0.05) is 182 Å². The Hall–Kier alpha value is -6.70. The molecular formula is C60H51N. The average Bonchev–Trinajstić information content (AvgIpc) is 3.63. The van der Waals surface area contributed by atoms with E-state index < -0.39 is 0 Å². The number of rotatable bonds is 5. The standard InChI is InChI=1S/C60H51N/c1-58(2,3)44-26-20-38(21-27-44)39-22-28-45(29-23-39)61(46-30-32-53-51(37-46)50-34-41-15-8-9-16-42(41)35-55(50)60(53,6)7)56-33-25-40-14-10-11-17-47(40)57(56)43-24-31-49-48-18-12-13-19-52(48)59(4,5)54(49)36-43/h8-37H,1-7H3. The molecule has 0 aliphatic heterocycles. The van der Waals surface area contributed by atoms with E-state index in [-0.39, 0.29) is 16.2 Å². The van der Waals surface area contributed by atoms with Crippen LogP contribution in [-0.4, -0.2) is 0 Å². The first-order chi connectivity index (χ1) is 29.4. The van der Waals surface area contributed by atoms with Gasteiger partial charge < -0.3 is 4.90 Å². The third kappa shape index (κ3) is 5.82. The highest BCUT2D eigenvalue weighted by molar-refractivity contribution is 6.06. The molecule has 0 atom stereocenters. The lowest BCUT2D eigenvalue weighted by atomic mass is 9.81. The number of anilines is 3. The number of hydrogen-bond donors (Lipinski definition) is 0. The molecule has 61 heavy (non-hydrogen) atoms. The Morgan fingerprint density at radius 3 is 1.64 bits per heavy atom. The summed E-state index contributed by atoms with van der Waals surface area (Å²) in [6.07, 6.45) is 0. The van der Waals surface area contributed by atoms with Gasteiger partial charge in [-0.25, -0.2) is 0 Å². The Morgan fingerprint density at radius 1 is 0.377 bits per heavy atom. The Bertz CT molecular complexity index is 3210. The lowest BCUT2D eigenvalue weighted by molar-refractivity contribution is 0.590.